The highest BCUT2D eigenvalue weighted by molar-refractivity contribution is 7.86. The quantitative estimate of drug-likeness (QED) is 0.111. The van der Waals surface area contributed by atoms with Crippen LogP contribution in [0.4, 0.5) is 4.79 Å². The van der Waals surface area contributed by atoms with Gasteiger partial charge in [0.25, 0.3) is 21.9 Å². The summed E-state index contributed by atoms with van der Waals surface area (Å²) in [7, 11) is -5.01. The first-order valence-electron chi connectivity index (χ1n) is 12.7. The number of hydrogen-bond acceptors (Lipinski definition) is 11. The SMILES string of the molecule is CC(C)(C)OC(=O)Oc1ccc2c(-c3ccc(C(=O)ON4C(=O)CCC4=O)cc3S(=O)(=O)O)c3ccc(=O)cc-3oc2c1. The highest BCUT2D eigenvalue weighted by Crippen LogP contribution is 2.43. The Morgan fingerprint density at radius 1 is 0.907 bits per heavy atom. The summed E-state index contributed by atoms with van der Waals surface area (Å²) in [5, 5.41) is 0.594. The van der Waals surface area contributed by atoms with Crippen LogP contribution in [-0.4, -0.2) is 47.6 Å². The predicted octanol–water partition coefficient (Wildman–Crippen LogP) is 4.35. The van der Waals surface area contributed by atoms with Gasteiger partial charge in [-0.3, -0.25) is 18.9 Å². The van der Waals surface area contributed by atoms with Crippen molar-refractivity contribution in [2.75, 3.05) is 0 Å². The van der Waals surface area contributed by atoms with Gasteiger partial charge in [0.15, 0.2) is 5.43 Å². The number of amides is 2. The van der Waals surface area contributed by atoms with E-state index in [0.717, 1.165) is 6.07 Å². The van der Waals surface area contributed by atoms with Crippen molar-refractivity contribution >= 4 is 45.0 Å². The summed E-state index contributed by atoms with van der Waals surface area (Å²) in [5.41, 5.74) is -1.16. The minimum absolute atomic E-state index is 0.0215. The molecule has 1 saturated heterocycles. The second kappa shape index (κ2) is 10.6. The summed E-state index contributed by atoms with van der Waals surface area (Å²) < 4.78 is 51.7. The number of carbonyl (C=O) groups is 4. The standard InChI is InChI=1S/C29H23NO12S/c1-29(2,3)41-28(35)39-17-6-9-19-22(14-17)40-21-13-16(31)5-8-18(21)26(19)20-7-4-15(12-23(20)43(36,37)38)27(34)42-30-24(32)10-11-25(30)33/h4-9,12-14H,10-11H2,1-3H3,(H,36,37,38). The number of ether oxygens (including phenoxy) is 2. The van der Waals surface area contributed by atoms with Crippen molar-refractivity contribution < 1.29 is 50.9 Å². The van der Waals surface area contributed by atoms with E-state index in [4.69, 9.17) is 18.7 Å². The highest BCUT2D eigenvalue weighted by Gasteiger charge is 2.34. The Kier molecular flexibility index (Phi) is 7.28. The molecule has 13 nitrogen and oxygen atoms in total. The van der Waals surface area contributed by atoms with Gasteiger partial charge in [-0.2, -0.15) is 8.42 Å². The van der Waals surface area contributed by atoms with Crippen LogP contribution in [0.5, 0.6) is 5.75 Å². The van der Waals surface area contributed by atoms with Gasteiger partial charge < -0.3 is 18.7 Å². The molecular formula is C29H23NO12S. The molecule has 1 aliphatic carbocycles. The van der Waals surface area contributed by atoms with Gasteiger partial charge in [-0.05, 0) is 57.2 Å². The van der Waals surface area contributed by atoms with Crippen LogP contribution in [0.3, 0.4) is 0 Å². The Labute approximate surface area is 243 Å². The Balaban J connectivity index is 1.66. The Morgan fingerprint density at radius 2 is 1.58 bits per heavy atom. The van der Waals surface area contributed by atoms with E-state index in [-0.39, 0.29) is 57.6 Å². The molecule has 0 radical (unpaired) electrons. The fourth-order valence-electron chi connectivity index (χ4n) is 4.43. The summed E-state index contributed by atoms with van der Waals surface area (Å²) in [6.45, 7) is 4.98. The maximum atomic E-state index is 12.7. The molecule has 3 aliphatic rings. The van der Waals surface area contributed by atoms with Crippen LogP contribution in [0.25, 0.3) is 33.4 Å². The van der Waals surface area contributed by atoms with Crippen molar-refractivity contribution in [3.63, 3.8) is 0 Å². The van der Waals surface area contributed by atoms with E-state index >= 15 is 0 Å². The molecule has 0 saturated carbocycles. The molecule has 1 fully saturated rings. The largest absolute Gasteiger partial charge is 0.514 e. The maximum absolute atomic E-state index is 12.7. The Bertz CT molecular complexity index is 1950. The Hall–Kier alpha value is -5.08. The highest BCUT2D eigenvalue weighted by atomic mass is 32.2. The molecule has 0 atom stereocenters. The summed E-state index contributed by atoms with van der Waals surface area (Å²) in [6, 6.07) is 11.3. The van der Waals surface area contributed by atoms with E-state index in [0.29, 0.717) is 5.06 Å². The maximum Gasteiger partial charge on any atom is 0.514 e. The monoisotopic (exact) mass is 609 g/mol. The Morgan fingerprint density at radius 3 is 2.23 bits per heavy atom. The number of carbonyl (C=O) groups excluding carboxylic acids is 4. The van der Waals surface area contributed by atoms with E-state index in [1.807, 2.05) is 0 Å². The van der Waals surface area contributed by atoms with Gasteiger partial charge in [-0.1, -0.05) is 6.07 Å². The molecule has 2 aromatic carbocycles. The molecule has 1 N–H and O–H groups in total. The number of fused-ring (bicyclic) bond motifs is 2. The molecule has 2 amide bonds. The van der Waals surface area contributed by atoms with Gasteiger partial charge in [0.2, 0.25) is 0 Å². The number of rotatable bonds is 5. The number of benzene rings is 3. The van der Waals surface area contributed by atoms with Gasteiger partial charge in [0.1, 0.15) is 27.6 Å². The third-order valence-corrected chi connectivity index (χ3v) is 7.09. The number of nitrogens with zero attached hydrogens (tertiary/aromatic N) is 1. The van der Waals surface area contributed by atoms with Gasteiger partial charge in [0.05, 0.1) is 5.56 Å². The van der Waals surface area contributed by atoms with Crippen LogP contribution in [0.1, 0.15) is 44.0 Å². The lowest BCUT2D eigenvalue weighted by Gasteiger charge is -2.19. The molecule has 0 aromatic heterocycles. The molecular weight excluding hydrogens is 586 g/mol. The zero-order valence-corrected chi connectivity index (χ0v) is 23.7. The number of imide groups is 1. The molecule has 2 aliphatic heterocycles. The van der Waals surface area contributed by atoms with Crippen molar-refractivity contribution in [1.29, 1.82) is 0 Å². The molecule has 2 heterocycles. The average Bonchev–Trinajstić information content (AvgIpc) is 3.21. The normalized spacial score (nSPS) is 13.9. The zero-order valence-electron chi connectivity index (χ0n) is 22.9. The van der Waals surface area contributed by atoms with Crippen LogP contribution in [0.2, 0.25) is 0 Å². The molecule has 5 rings (SSSR count). The van der Waals surface area contributed by atoms with E-state index in [9.17, 15) is 36.9 Å². The summed E-state index contributed by atoms with van der Waals surface area (Å²) in [5.74, 6) is -2.61. The minimum atomic E-state index is -5.01. The zero-order chi connectivity index (χ0) is 31.3. The third kappa shape index (κ3) is 6.10. The van der Waals surface area contributed by atoms with Crippen molar-refractivity contribution in [3.05, 3.63) is 70.4 Å². The lowest BCUT2D eigenvalue weighted by Crippen LogP contribution is -2.32. The smallest absolute Gasteiger partial charge is 0.456 e. The second-order valence-electron chi connectivity index (χ2n) is 10.5. The minimum Gasteiger partial charge on any atom is -0.456 e. The van der Waals surface area contributed by atoms with Crippen LogP contribution in [0.15, 0.2) is 68.7 Å². The van der Waals surface area contributed by atoms with E-state index in [1.54, 1.807) is 20.8 Å². The third-order valence-electron chi connectivity index (χ3n) is 6.20. The van der Waals surface area contributed by atoms with Crippen LogP contribution in [0, 0.1) is 0 Å². The molecule has 2 aromatic rings. The van der Waals surface area contributed by atoms with Crippen molar-refractivity contribution in [1.82, 2.24) is 5.06 Å². The van der Waals surface area contributed by atoms with E-state index < -0.39 is 50.0 Å². The van der Waals surface area contributed by atoms with Gasteiger partial charge in [0, 0.05) is 47.1 Å². The molecule has 0 unspecified atom stereocenters. The summed E-state index contributed by atoms with van der Waals surface area (Å²) >= 11 is 0. The number of hydrogen-bond donors (Lipinski definition) is 1. The van der Waals surface area contributed by atoms with Crippen LogP contribution >= 0.6 is 0 Å². The predicted molar refractivity (Wildman–Crippen MR) is 148 cm³/mol. The fraction of sp³-hybridized carbons (Fsp3) is 0.207. The van der Waals surface area contributed by atoms with E-state index in [2.05, 4.69) is 0 Å². The second-order valence-corrected chi connectivity index (χ2v) is 11.9. The van der Waals surface area contributed by atoms with Crippen molar-refractivity contribution in [2.24, 2.45) is 0 Å². The fourth-order valence-corrected chi connectivity index (χ4v) is 5.16. The summed E-state index contributed by atoms with van der Waals surface area (Å²) in [4.78, 5) is 65.0. The van der Waals surface area contributed by atoms with E-state index in [1.165, 1.54) is 48.5 Å². The van der Waals surface area contributed by atoms with Crippen molar-refractivity contribution in [2.45, 2.75) is 44.1 Å². The van der Waals surface area contributed by atoms with Crippen LogP contribution < -0.4 is 10.2 Å². The molecule has 14 heteroatoms. The molecule has 0 spiro atoms. The lowest BCUT2D eigenvalue weighted by molar-refractivity contribution is -0.172. The average molecular weight is 610 g/mol. The first-order chi connectivity index (χ1) is 20.1. The van der Waals surface area contributed by atoms with Gasteiger partial charge in [-0.25, -0.2) is 9.59 Å². The first kappa shape index (κ1) is 29.4. The molecule has 222 valence electrons. The lowest BCUT2D eigenvalue weighted by atomic mass is 9.93. The first-order valence-corrected chi connectivity index (χ1v) is 14.2. The molecule has 0 bridgehead atoms. The topological polar surface area (TPSA) is 184 Å². The van der Waals surface area contributed by atoms with Crippen molar-refractivity contribution in [3.8, 4) is 28.2 Å². The molecule has 43 heavy (non-hydrogen) atoms. The van der Waals surface area contributed by atoms with Gasteiger partial charge in [-0.15, -0.1) is 5.06 Å². The van der Waals surface area contributed by atoms with Gasteiger partial charge >= 0.3 is 12.1 Å². The van der Waals surface area contributed by atoms with Crippen LogP contribution in [-0.2, 0) is 29.3 Å². The summed E-state index contributed by atoms with van der Waals surface area (Å²) in [6.07, 6.45) is -1.27. The number of hydroxylamine groups is 2.